The summed E-state index contributed by atoms with van der Waals surface area (Å²) < 4.78 is 10.4. The molecule has 10 atom stereocenters. The third-order valence-corrected chi connectivity index (χ3v) is 6.68. The zero-order valence-corrected chi connectivity index (χ0v) is 22.0. The largest absolute Gasteiger partial charge is 0.394 e. The number of ketones is 1. The van der Waals surface area contributed by atoms with Gasteiger partial charge in [0.05, 0.1) is 19.4 Å². The minimum atomic E-state index is -1.94. The fourth-order valence-corrected chi connectivity index (χ4v) is 4.25. The SMILES string of the molecule is CC(=O)CCCCSCCNC(O)CO/N=C/[C@@H](O)C(O)[C@H](O[C@@H]1OC(CO)[C@H](O)[C@H](O)C1O)C(O)CO. The van der Waals surface area contributed by atoms with E-state index in [1.807, 2.05) is 0 Å². The van der Waals surface area contributed by atoms with Gasteiger partial charge in [-0.25, -0.2) is 0 Å². The van der Waals surface area contributed by atoms with Crippen LogP contribution in [0.15, 0.2) is 5.16 Å². The van der Waals surface area contributed by atoms with E-state index in [1.165, 1.54) is 0 Å². The Labute approximate surface area is 225 Å². The Hall–Kier alpha value is -0.990. The molecule has 0 spiro atoms. The average molecular weight is 575 g/mol. The molecule has 1 aliphatic rings. The van der Waals surface area contributed by atoms with Crippen LogP contribution in [0.2, 0.25) is 0 Å². The number of thioether (sulfide) groups is 1. The van der Waals surface area contributed by atoms with Gasteiger partial charge in [0, 0.05) is 18.7 Å². The maximum Gasteiger partial charge on any atom is 0.187 e. The fraction of sp³-hybridized carbons (Fsp3) is 0.909. The number of nitrogens with zero attached hydrogens (tertiary/aromatic N) is 1. The molecule has 224 valence electrons. The number of ether oxygens (including phenoxy) is 2. The number of oxime groups is 1. The molecule has 1 aliphatic heterocycles. The Balaban J connectivity index is 2.46. The Morgan fingerprint density at radius 3 is 2.42 bits per heavy atom. The van der Waals surface area contributed by atoms with Crippen LogP contribution in [0.25, 0.3) is 0 Å². The number of carbonyl (C=O) groups is 1. The Kier molecular flexibility index (Phi) is 17.7. The number of hydrogen-bond acceptors (Lipinski definition) is 16. The molecule has 16 heteroatoms. The average Bonchev–Trinajstić information content (AvgIpc) is 2.89. The number of nitrogens with one attached hydrogen (secondary N) is 1. The van der Waals surface area contributed by atoms with Crippen molar-refractivity contribution in [2.75, 3.05) is 37.9 Å². The highest BCUT2D eigenvalue weighted by atomic mass is 32.2. The van der Waals surface area contributed by atoms with Crippen molar-refractivity contribution < 1.29 is 65.1 Å². The third-order valence-electron chi connectivity index (χ3n) is 5.61. The van der Waals surface area contributed by atoms with Crippen LogP contribution in [-0.4, -0.2) is 157 Å². The van der Waals surface area contributed by atoms with Gasteiger partial charge in [-0.1, -0.05) is 5.16 Å². The van der Waals surface area contributed by atoms with Crippen molar-refractivity contribution in [2.45, 2.75) is 87.5 Å². The third kappa shape index (κ3) is 12.5. The molecule has 5 unspecified atom stereocenters. The lowest BCUT2D eigenvalue weighted by Crippen LogP contribution is -2.61. The van der Waals surface area contributed by atoms with Gasteiger partial charge in [0.15, 0.2) is 12.9 Å². The highest BCUT2D eigenvalue weighted by molar-refractivity contribution is 7.99. The normalized spacial score (nSPS) is 28.1. The second-order valence-corrected chi connectivity index (χ2v) is 10.0. The quantitative estimate of drug-likeness (QED) is 0.0285. The second kappa shape index (κ2) is 19.1. The Bertz CT molecular complexity index is 677. The monoisotopic (exact) mass is 574 g/mol. The van der Waals surface area contributed by atoms with Gasteiger partial charge < -0.3 is 65.1 Å². The molecule has 0 radical (unpaired) electrons. The molecule has 15 nitrogen and oxygen atoms in total. The summed E-state index contributed by atoms with van der Waals surface area (Å²) in [5, 5.41) is 95.2. The molecule has 0 saturated carbocycles. The molecule has 1 heterocycles. The van der Waals surface area contributed by atoms with E-state index in [4.69, 9.17) is 14.3 Å². The van der Waals surface area contributed by atoms with E-state index >= 15 is 0 Å². The molecule has 1 rings (SSSR count). The van der Waals surface area contributed by atoms with Crippen molar-refractivity contribution in [3.8, 4) is 0 Å². The van der Waals surface area contributed by atoms with Crippen molar-refractivity contribution in [2.24, 2.45) is 5.16 Å². The van der Waals surface area contributed by atoms with Gasteiger partial charge in [-0.3, -0.25) is 5.32 Å². The minimum absolute atomic E-state index is 0.174. The van der Waals surface area contributed by atoms with E-state index in [2.05, 4.69) is 10.5 Å². The summed E-state index contributed by atoms with van der Waals surface area (Å²) in [7, 11) is 0. The van der Waals surface area contributed by atoms with E-state index in [9.17, 15) is 50.8 Å². The van der Waals surface area contributed by atoms with E-state index in [0.29, 0.717) is 13.0 Å². The van der Waals surface area contributed by atoms with Crippen LogP contribution in [0, 0.1) is 0 Å². The molecular formula is C22H42N2O13S. The summed E-state index contributed by atoms with van der Waals surface area (Å²) in [5.74, 6) is 1.81. The van der Waals surface area contributed by atoms with E-state index in [1.54, 1.807) is 18.7 Å². The molecular weight excluding hydrogens is 532 g/mol. The zero-order valence-electron chi connectivity index (χ0n) is 21.2. The summed E-state index contributed by atoms with van der Waals surface area (Å²) >= 11 is 1.67. The lowest BCUT2D eigenvalue weighted by molar-refractivity contribution is -0.326. The predicted molar refractivity (Wildman–Crippen MR) is 134 cm³/mol. The molecule has 1 saturated heterocycles. The molecule has 0 aliphatic carbocycles. The van der Waals surface area contributed by atoms with Gasteiger partial charge in [0.25, 0.3) is 0 Å². The number of Topliss-reactive ketones (excluding diaryl/α,β-unsaturated/α-hetero) is 1. The van der Waals surface area contributed by atoms with Crippen LogP contribution in [0.3, 0.4) is 0 Å². The number of unbranched alkanes of at least 4 members (excludes halogenated alkanes) is 1. The van der Waals surface area contributed by atoms with Crippen LogP contribution in [0.1, 0.15) is 26.2 Å². The fourth-order valence-electron chi connectivity index (χ4n) is 3.38. The maximum atomic E-state index is 10.9. The van der Waals surface area contributed by atoms with Gasteiger partial charge in [-0.05, 0) is 25.5 Å². The molecule has 38 heavy (non-hydrogen) atoms. The first-order chi connectivity index (χ1) is 18.0. The number of carbonyl (C=O) groups excluding carboxylic acids is 1. The Morgan fingerprint density at radius 1 is 1.08 bits per heavy atom. The Morgan fingerprint density at radius 2 is 1.79 bits per heavy atom. The summed E-state index contributed by atoms with van der Waals surface area (Å²) in [4.78, 5) is 15.8. The van der Waals surface area contributed by atoms with Crippen LogP contribution >= 0.6 is 11.8 Å². The smallest absolute Gasteiger partial charge is 0.187 e. The van der Waals surface area contributed by atoms with Gasteiger partial charge in [0.1, 0.15) is 60.8 Å². The number of aliphatic hydroxyl groups excluding tert-OH is 9. The van der Waals surface area contributed by atoms with Crippen molar-refractivity contribution in [3.05, 3.63) is 0 Å². The number of aliphatic hydroxyl groups is 9. The van der Waals surface area contributed by atoms with Crippen LogP contribution in [0.4, 0.5) is 0 Å². The van der Waals surface area contributed by atoms with Gasteiger partial charge in [0.2, 0.25) is 0 Å². The second-order valence-electron chi connectivity index (χ2n) is 8.82. The number of rotatable bonds is 20. The summed E-state index contributed by atoms with van der Waals surface area (Å²) in [6.45, 7) is 0.104. The highest BCUT2D eigenvalue weighted by Crippen LogP contribution is 2.24. The van der Waals surface area contributed by atoms with E-state index in [0.717, 1.165) is 30.6 Å². The van der Waals surface area contributed by atoms with Crippen molar-refractivity contribution in [1.29, 1.82) is 0 Å². The summed E-state index contributed by atoms with van der Waals surface area (Å²) in [6.07, 6.45) is -13.6. The first kappa shape index (κ1) is 35.0. The first-order valence-corrected chi connectivity index (χ1v) is 13.4. The molecule has 10 N–H and O–H groups in total. The topological polar surface area (TPSA) is 251 Å². The molecule has 1 fully saturated rings. The van der Waals surface area contributed by atoms with Gasteiger partial charge >= 0.3 is 0 Å². The lowest BCUT2D eigenvalue weighted by atomic mass is 9.98. The van der Waals surface area contributed by atoms with Gasteiger partial charge in [-0.2, -0.15) is 11.8 Å². The van der Waals surface area contributed by atoms with Crippen LogP contribution in [0.5, 0.6) is 0 Å². The molecule has 0 amide bonds. The van der Waals surface area contributed by atoms with Crippen molar-refractivity contribution >= 4 is 23.8 Å². The van der Waals surface area contributed by atoms with Crippen molar-refractivity contribution in [3.63, 3.8) is 0 Å². The van der Waals surface area contributed by atoms with Crippen LogP contribution < -0.4 is 5.32 Å². The first-order valence-electron chi connectivity index (χ1n) is 12.3. The van der Waals surface area contributed by atoms with E-state index in [-0.39, 0.29) is 12.4 Å². The molecule has 0 aromatic carbocycles. The van der Waals surface area contributed by atoms with Crippen molar-refractivity contribution in [1.82, 2.24) is 5.32 Å². The lowest BCUT2D eigenvalue weighted by Gasteiger charge is -2.42. The molecule has 0 aromatic rings. The minimum Gasteiger partial charge on any atom is -0.394 e. The van der Waals surface area contributed by atoms with Crippen LogP contribution in [-0.2, 0) is 19.1 Å². The zero-order chi connectivity index (χ0) is 28.7. The predicted octanol–water partition coefficient (Wildman–Crippen LogP) is -4.35. The number of hydrogen-bond donors (Lipinski definition) is 10. The maximum absolute atomic E-state index is 10.9. The summed E-state index contributed by atoms with van der Waals surface area (Å²) in [5.41, 5.74) is 0. The highest BCUT2D eigenvalue weighted by Gasteiger charge is 2.46. The van der Waals surface area contributed by atoms with Gasteiger partial charge in [-0.15, -0.1) is 0 Å². The standard InChI is InChI=1S/C22H42N2O13S/c1-12(27)4-2-3-6-38-7-5-23-16(30)11-35-24-8-13(28)17(31)21(14(29)9-25)37-22-20(34)19(33)18(32)15(10-26)36-22/h8,13-23,25-26,28-34H,2-7,9-11H2,1H3/b24-8+/t13-,14?,15?,16?,17?,18+,19+,20?,21-,22+/m1/s1. The van der Waals surface area contributed by atoms with E-state index < -0.39 is 74.6 Å². The molecule has 0 bridgehead atoms. The molecule has 0 aromatic heterocycles. The summed E-state index contributed by atoms with van der Waals surface area (Å²) in [6, 6.07) is 0.